The summed E-state index contributed by atoms with van der Waals surface area (Å²) in [7, 11) is 0. The quantitative estimate of drug-likeness (QED) is 0.430. The van der Waals surface area contributed by atoms with E-state index in [2.05, 4.69) is 114 Å². The maximum absolute atomic E-state index is 2.57. The van der Waals surface area contributed by atoms with Crippen LogP contribution in [0.15, 0.2) is 60.7 Å². The fourth-order valence-electron chi connectivity index (χ4n) is 5.15. The molecule has 0 atom stereocenters. The van der Waals surface area contributed by atoms with E-state index in [0.717, 1.165) is 12.8 Å². The van der Waals surface area contributed by atoms with Crippen LogP contribution in [-0.4, -0.2) is 5.54 Å². The van der Waals surface area contributed by atoms with Gasteiger partial charge in [0.2, 0.25) is 0 Å². The van der Waals surface area contributed by atoms with E-state index < -0.39 is 0 Å². The van der Waals surface area contributed by atoms with Gasteiger partial charge in [0.25, 0.3) is 0 Å². The van der Waals surface area contributed by atoms with Gasteiger partial charge in [-0.3, -0.25) is 0 Å². The minimum absolute atomic E-state index is 0.0307. The molecule has 1 aliphatic rings. The van der Waals surface area contributed by atoms with Gasteiger partial charge in [0.05, 0.1) is 0 Å². The molecule has 1 aliphatic carbocycles. The first-order valence-corrected chi connectivity index (χ1v) is 11.4. The van der Waals surface area contributed by atoms with Crippen LogP contribution in [0, 0.1) is 0 Å². The molecule has 3 aromatic rings. The van der Waals surface area contributed by atoms with Gasteiger partial charge in [-0.15, -0.1) is 0 Å². The van der Waals surface area contributed by atoms with Crippen molar-refractivity contribution in [2.45, 2.75) is 72.3 Å². The largest absolute Gasteiger partial charge is 0.336 e. The minimum Gasteiger partial charge on any atom is -0.336 e. The first-order chi connectivity index (χ1) is 14.2. The van der Waals surface area contributed by atoms with Gasteiger partial charge >= 0.3 is 0 Å². The van der Waals surface area contributed by atoms with Crippen molar-refractivity contribution in [2.75, 3.05) is 4.90 Å². The van der Waals surface area contributed by atoms with E-state index in [1.54, 1.807) is 0 Å². The zero-order chi connectivity index (χ0) is 21.7. The molecular formula is C29H35N. The summed E-state index contributed by atoms with van der Waals surface area (Å²) in [6.07, 6.45) is 2.06. The molecule has 30 heavy (non-hydrogen) atoms. The molecule has 1 heteroatoms. The first kappa shape index (κ1) is 20.7. The molecule has 156 valence electrons. The van der Waals surface area contributed by atoms with Crippen molar-refractivity contribution in [3.8, 4) is 11.1 Å². The zero-order valence-electron chi connectivity index (χ0n) is 19.6. The molecule has 0 aliphatic heterocycles. The van der Waals surface area contributed by atoms with Crippen molar-refractivity contribution in [2.24, 2.45) is 0 Å². The van der Waals surface area contributed by atoms with Gasteiger partial charge in [0, 0.05) is 22.3 Å². The number of rotatable bonds is 4. The molecule has 0 spiro atoms. The number of aryl methyl sites for hydroxylation is 2. The third-order valence-corrected chi connectivity index (χ3v) is 6.69. The lowest BCUT2D eigenvalue weighted by Gasteiger charge is -2.40. The maximum atomic E-state index is 2.57. The Morgan fingerprint density at radius 1 is 0.700 bits per heavy atom. The van der Waals surface area contributed by atoms with Crippen molar-refractivity contribution >= 4 is 11.4 Å². The Bertz CT molecular complexity index is 1080. The highest BCUT2D eigenvalue weighted by Gasteiger charge is 2.37. The van der Waals surface area contributed by atoms with Gasteiger partial charge in [0.15, 0.2) is 0 Å². The van der Waals surface area contributed by atoms with Crippen LogP contribution in [0.2, 0.25) is 0 Å². The summed E-state index contributed by atoms with van der Waals surface area (Å²) in [5.41, 5.74) is 11.2. The first-order valence-electron chi connectivity index (χ1n) is 11.4. The normalized spacial score (nSPS) is 14.4. The number of hydrogen-bond acceptors (Lipinski definition) is 1. The molecule has 0 saturated carbocycles. The predicted octanol–water partition coefficient (Wildman–Crippen LogP) is 8.05. The van der Waals surface area contributed by atoms with Crippen LogP contribution in [0.25, 0.3) is 11.1 Å². The zero-order valence-corrected chi connectivity index (χ0v) is 19.6. The molecule has 0 aromatic heterocycles. The van der Waals surface area contributed by atoms with Gasteiger partial charge in [-0.2, -0.15) is 0 Å². The molecule has 0 amide bonds. The third kappa shape index (κ3) is 3.16. The molecule has 0 unspecified atom stereocenters. The average molecular weight is 398 g/mol. The summed E-state index contributed by atoms with van der Waals surface area (Å²) in [6, 6.07) is 22.8. The highest BCUT2D eigenvalue weighted by molar-refractivity contribution is 5.86. The molecule has 1 nitrogen and oxygen atoms in total. The Balaban J connectivity index is 2.01. The lowest BCUT2D eigenvalue weighted by molar-refractivity contribution is 0.557. The van der Waals surface area contributed by atoms with Crippen LogP contribution >= 0.6 is 0 Å². The van der Waals surface area contributed by atoms with Gasteiger partial charge in [-0.05, 0) is 79.1 Å². The number of para-hydroxylation sites is 1. The summed E-state index contributed by atoms with van der Waals surface area (Å²) in [5, 5.41) is 0. The molecule has 4 rings (SSSR count). The molecule has 0 saturated heterocycles. The number of benzene rings is 3. The van der Waals surface area contributed by atoms with Crippen molar-refractivity contribution in [3.05, 3.63) is 82.9 Å². The van der Waals surface area contributed by atoms with Crippen LogP contribution in [0.5, 0.6) is 0 Å². The Kier molecular flexibility index (Phi) is 5.04. The fraction of sp³-hybridized carbons (Fsp3) is 0.379. The van der Waals surface area contributed by atoms with E-state index in [0.29, 0.717) is 0 Å². The molecular weight excluding hydrogens is 362 g/mol. The third-order valence-electron chi connectivity index (χ3n) is 6.69. The molecule has 0 N–H and O–H groups in total. The second-order valence-electron chi connectivity index (χ2n) is 10.0. The smallest absolute Gasteiger partial charge is 0.0454 e. The number of fused-ring (bicyclic) bond motifs is 3. The van der Waals surface area contributed by atoms with Crippen LogP contribution in [0.3, 0.4) is 0 Å². The van der Waals surface area contributed by atoms with Crippen molar-refractivity contribution in [3.63, 3.8) is 0 Å². The summed E-state index contributed by atoms with van der Waals surface area (Å²) in [4.78, 5) is 2.57. The molecule has 0 bridgehead atoms. The number of hydrogen-bond donors (Lipinski definition) is 0. The number of nitrogens with zero attached hydrogens (tertiary/aromatic N) is 1. The molecule has 0 radical (unpaired) electrons. The van der Waals surface area contributed by atoms with Crippen LogP contribution in [-0.2, 0) is 18.3 Å². The van der Waals surface area contributed by atoms with E-state index >= 15 is 0 Å². The van der Waals surface area contributed by atoms with E-state index in [-0.39, 0.29) is 11.0 Å². The lowest BCUT2D eigenvalue weighted by Crippen LogP contribution is -2.38. The Hall–Kier alpha value is -2.54. The van der Waals surface area contributed by atoms with Gasteiger partial charge in [0.1, 0.15) is 0 Å². The van der Waals surface area contributed by atoms with Crippen LogP contribution in [0.4, 0.5) is 11.4 Å². The predicted molar refractivity (Wildman–Crippen MR) is 131 cm³/mol. The second kappa shape index (κ2) is 7.30. The van der Waals surface area contributed by atoms with Gasteiger partial charge in [-0.1, -0.05) is 76.2 Å². The highest BCUT2D eigenvalue weighted by Crippen LogP contribution is 2.51. The molecule has 3 aromatic carbocycles. The van der Waals surface area contributed by atoms with E-state index in [9.17, 15) is 0 Å². The highest BCUT2D eigenvalue weighted by atomic mass is 15.2. The Morgan fingerprint density at radius 3 is 2.00 bits per heavy atom. The van der Waals surface area contributed by atoms with Gasteiger partial charge in [-0.25, -0.2) is 0 Å². The second-order valence-corrected chi connectivity index (χ2v) is 10.0. The average Bonchev–Trinajstić information content (AvgIpc) is 2.94. The summed E-state index contributed by atoms with van der Waals surface area (Å²) in [6.45, 7) is 16.2. The standard InChI is InChI=1S/C29H35N/c1-8-20-14-10-13-17-26(20)30(28(3,4)5)27-19-23-22-15-11-12-16-24(22)29(6,7)25(23)18-21(27)9-2/h10-19H,8-9H2,1-7H3. The van der Waals surface area contributed by atoms with E-state index in [1.165, 1.54) is 44.8 Å². The van der Waals surface area contributed by atoms with Gasteiger partial charge < -0.3 is 4.90 Å². The van der Waals surface area contributed by atoms with Crippen molar-refractivity contribution in [1.29, 1.82) is 0 Å². The minimum atomic E-state index is -0.0307. The molecule has 0 heterocycles. The maximum Gasteiger partial charge on any atom is 0.0454 e. The van der Waals surface area contributed by atoms with Crippen molar-refractivity contribution < 1.29 is 0 Å². The fourth-order valence-corrected chi connectivity index (χ4v) is 5.15. The topological polar surface area (TPSA) is 3.24 Å². The summed E-state index contributed by atoms with van der Waals surface area (Å²) in [5.74, 6) is 0. The van der Waals surface area contributed by atoms with E-state index in [4.69, 9.17) is 0 Å². The Labute approximate surface area is 182 Å². The lowest BCUT2D eigenvalue weighted by atomic mass is 9.81. The Morgan fingerprint density at radius 2 is 1.33 bits per heavy atom. The monoisotopic (exact) mass is 397 g/mol. The van der Waals surface area contributed by atoms with E-state index in [1.807, 2.05) is 0 Å². The van der Waals surface area contributed by atoms with Crippen LogP contribution < -0.4 is 4.90 Å². The van der Waals surface area contributed by atoms with Crippen LogP contribution in [0.1, 0.15) is 70.7 Å². The van der Waals surface area contributed by atoms with Crippen molar-refractivity contribution in [1.82, 2.24) is 0 Å². The summed E-state index contributed by atoms with van der Waals surface area (Å²) < 4.78 is 0. The molecule has 0 fully saturated rings. The number of anilines is 2. The SMILES string of the molecule is CCc1ccccc1N(c1cc2c(cc1CC)C(C)(C)c1ccccc1-2)C(C)(C)C. The summed E-state index contributed by atoms with van der Waals surface area (Å²) >= 11 is 0.